The third-order valence-corrected chi connectivity index (χ3v) is 1.87. The van der Waals surface area contributed by atoms with E-state index in [0.717, 1.165) is 16.8 Å². The van der Waals surface area contributed by atoms with Gasteiger partial charge in [0, 0.05) is 0 Å². The van der Waals surface area contributed by atoms with Crippen LogP contribution in [0.3, 0.4) is 0 Å². The molecule has 1 heterocycles. The zero-order chi connectivity index (χ0) is 10.8. The molecule has 2 aromatic rings. The summed E-state index contributed by atoms with van der Waals surface area (Å²) in [6, 6.07) is 3.51. The van der Waals surface area contributed by atoms with Gasteiger partial charge in [0.25, 0.3) is 0 Å². The molecule has 78 valence electrons. The van der Waals surface area contributed by atoms with Crippen LogP contribution in [0.4, 0.5) is 8.78 Å². The zero-order valence-electron chi connectivity index (χ0n) is 7.56. The van der Waals surface area contributed by atoms with Crippen molar-refractivity contribution in [3.05, 3.63) is 41.7 Å². The Bertz CT molecular complexity index is 464. The van der Waals surface area contributed by atoms with Crippen LogP contribution in [-0.4, -0.2) is 20.1 Å². The average Bonchev–Trinajstić information content (AvgIpc) is 2.66. The summed E-state index contributed by atoms with van der Waals surface area (Å²) in [6.07, 6.45) is 1.27. The van der Waals surface area contributed by atoms with E-state index in [-0.39, 0.29) is 18.0 Å². The standard InChI is InChI=1S/C9H7F2N3O/c10-7-2-1-3-8(11)9(7)14-4-6(5-15)12-13-14/h1-4,15H,5H2. The van der Waals surface area contributed by atoms with E-state index >= 15 is 0 Å². The molecule has 4 nitrogen and oxygen atoms in total. The van der Waals surface area contributed by atoms with Crippen molar-refractivity contribution in [2.45, 2.75) is 6.61 Å². The van der Waals surface area contributed by atoms with Crippen LogP contribution >= 0.6 is 0 Å². The van der Waals surface area contributed by atoms with Crippen LogP contribution < -0.4 is 0 Å². The fourth-order valence-corrected chi connectivity index (χ4v) is 1.19. The van der Waals surface area contributed by atoms with Crippen molar-refractivity contribution in [3.8, 4) is 5.69 Å². The SMILES string of the molecule is OCc1cn(-c2c(F)cccc2F)nn1. The number of hydrogen-bond acceptors (Lipinski definition) is 3. The Morgan fingerprint density at radius 1 is 1.27 bits per heavy atom. The fraction of sp³-hybridized carbons (Fsp3) is 0.111. The molecule has 0 radical (unpaired) electrons. The summed E-state index contributed by atoms with van der Waals surface area (Å²) in [7, 11) is 0. The van der Waals surface area contributed by atoms with Gasteiger partial charge in [0.05, 0.1) is 12.8 Å². The van der Waals surface area contributed by atoms with E-state index in [9.17, 15) is 8.78 Å². The topological polar surface area (TPSA) is 50.9 Å². The van der Waals surface area contributed by atoms with Crippen molar-refractivity contribution >= 4 is 0 Å². The number of rotatable bonds is 2. The maximum atomic E-state index is 13.3. The normalized spacial score (nSPS) is 10.6. The smallest absolute Gasteiger partial charge is 0.151 e. The van der Waals surface area contributed by atoms with Gasteiger partial charge in [0.1, 0.15) is 11.4 Å². The van der Waals surface area contributed by atoms with E-state index in [1.807, 2.05) is 0 Å². The fourth-order valence-electron chi connectivity index (χ4n) is 1.19. The van der Waals surface area contributed by atoms with E-state index in [0.29, 0.717) is 0 Å². The molecule has 0 saturated carbocycles. The third kappa shape index (κ3) is 1.71. The monoisotopic (exact) mass is 211 g/mol. The molecule has 0 aliphatic carbocycles. The Morgan fingerprint density at radius 2 is 1.93 bits per heavy atom. The Kier molecular flexibility index (Phi) is 2.42. The predicted octanol–water partition coefficient (Wildman–Crippen LogP) is 1.04. The molecule has 0 aliphatic heterocycles. The number of hydrogen-bond donors (Lipinski definition) is 1. The minimum absolute atomic E-state index is 0.248. The van der Waals surface area contributed by atoms with Gasteiger partial charge in [-0.05, 0) is 12.1 Å². The molecule has 2 rings (SSSR count). The molecule has 0 spiro atoms. The first-order valence-corrected chi connectivity index (χ1v) is 4.19. The summed E-state index contributed by atoms with van der Waals surface area (Å²) in [4.78, 5) is 0. The summed E-state index contributed by atoms with van der Waals surface area (Å²) in [5, 5.41) is 15.8. The van der Waals surface area contributed by atoms with Crippen molar-refractivity contribution in [3.63, 3.8) is 0 Å². The molecule has 1 aromatic heterocycles. The van der Waals surface area contributed by atoms with Crippen LogP contribution in [0.25, 0.3) is 5.69 Å². The number of benzene rings is 1. The van der Waals surface area contributed by atoms with Gasteiger partial charge in [0.2, 0.25) is 0 Å². The molecule has 15 heavy (non-hydrogen) atoms. The molecule has 0 aliphatic rings. The Labute approximate surface area is 83.8 Å². The molecule has 0 bridgehead atoms. The molecule has 1 N–H and O–H groups in total. The lowest BCUT2D eigenvalue weighted by Gasteiger charge is -2.02. The van der Waals surface area contributed by atoms with Crippen molar-refractivity contribution in [1.29, 1.82) is 0 Å². The van der Waals surface area contributed by atoms with Gasteiger partial charge < -0.3 is 5.11 Å². The first kappa shape index (κ1) is 9.72. The summed E-state index contributed by atoms with van der Waals surface area (Å²) >= 11 is 0. The first-order valence-electron chi connectivity index (χ1n) is 4.19. The first-order chi connectivity index (χ1) is 7.22. The van der Waals surface area contributed by atoms with Crippen LogP contribution in [0, 0.1) is 11.6 Å². The summed E-state index contributed by atoms with van der Waals surface area (Å²) in [5.74, 6) is -1.46. The highest BCUT2D eigenvalue weighted by atomic mass is 19.1. The highest BCUT2D eigenvalue weighted by Crippen LogP contribution is 2.16. The van der Waals surface area contributed by atoms with E-state index in [4.69, 9.17) is 5.11 Å². The van der Waals surface area contributed by atoms with Gasteiger partial charge >= 0.3 is 0 Å². The summed E-state index contributed by atoms with van der Waals surface area (Å²) in [6.45, 7) is -0.323. The Morgan fingerprint density at radius 3 is 2.47 bits per heavy atom. The van der Waals surface area contributed by atoms with Crippen LogP contribution in [0.2, 0.25) is 0 Å². The van der Waals surface area contributed by atoms with Gasteiger partial charge in [-0.1, -0.05) is 11.3 Å². The summed E-state index contributed by atoms with van der Waals surface area (Å²) < 4.78 is 27.5. The van der Waals surface area contributed by atoms with Crippen LogP contribution in [0.1, 0.15) is 5.69 Å². The van der Waals surface area contributed by atoms with Crippen molar-refractivity contribution in [1.82, 2.24) is 15.0 Å². The molecule has 0 atom stereocenters. The highest BCUT2D eigenvalue weighted by molar-refractivity contribution is 5.34. The molecular weight excluding hydrogens is 204 g/mol. The van der Waals surface area contributed by atoms with E-state index in [1.54, 1.807) is 0 Å². The lowest BCUT2D eigenvalue weighted by molar-refractivity contribution is 0.276. The molecule has 0 fully saturated rings. The van der Waals surface area contributed by atoms with Gasteiger partial charge in [-0.25, -0.2) is 13.5 Å². The molecule has 1 aromatic carbocycles. The molecular formula is C9H7F2N3O. The maximum absolute atomic E-state index is 13.3. The lowest BCUT2D eigenvalue weighted by Crippen LogP contribution is -2.01. The number of halogens is 2. The van der Waals surface area contributed by atoms with Gasteiger partial charge in [-0.15, -0.1) is 5.10 Å². The predicted molar refractivity (Wildman–Crippen MR) is 47.2 cm³/mol. The minimum atomic E-state index is -0.732. The number of para-hydroxylation sites is 1. The Balaban J connectivity index is 2.53. The second-order valence-corrected chi connectivity index (χ2v) is 2.88. The second kappa shape index (κ2) is 3.74. The summed E-state index contributed by atoms with van der Waals surface area (Å²) in [5.41, 5.74) is -0.0534. The third-order valence-electron chi connectivity index (χ3n) is 1.87. The number of aliphatic hydroxyl groups is 1. The number of nitrogens with zero attached hydrogens (tertiary/aromatic N) is 3. The minimum Gasteiger partial charge on any atom is -0.390 e. The van der Waals surface area contributed by atoms with Gasteiger partial charge in [-0.3, -0.25) is 0 Å². The largest absolute Gasteiger partial charge is 0.390 e. The van der Waals surface area contributed by atoms with E-state index in [2.05, 4.69) is 10.3 Å². The van der Waals surface area contributed by atoms with Crippen molar-refractivity contribution in [2.24, 2.45) is 0 Å². The van der Waals surface area contributed by atoms with Crippen LogP contribution in [0.15, 0.2) is 24.4 Å². The van der Waals surface area contributed by atoms with E-state index < -0.39 is 11.6 Å². The highest BCUT2D eigenvalue weighted by Gasteiger charge is 2.12. The van der Waals surface area contributed by atoms with Gasteiger partial charge in [-0.2, -0.15) is 0 Å². The zero-order valence-corrected chi connectivity index (χ0v) is 7.56. The quantitative estimate of drug-likeness (QED) is 0.807. The molecule has 6 heteroatoms. The van der Waals surface area contributed by atoms with Crippen LogP contribution in [0.5, 0.6) is 0 Å². The second-order valence-electron chi connectivity index (χ2n) is 2.88. The molecule has 0 unspecified atom stereocenters. The average molecular weight is 211 g/mol. The number of aliphatic hydroxyl groups excluding tert-OH is 1. The van der Waals surface area contributed by atoms with Crippen LogP contribution in [-0.2, 0) is 6.61 Å². The van der Waals surface area contributed by atoms with Gasteiger partial charge in [0.15, 0.2) is 11.6 Å². The lowest BCUT2D eigenvalue weighted by atomic mass is 10.3. The maximum Gasteiger partial charge on any atom is 0.151 e. The number of aromatic nitrogens is 3. The Hall–Kier alpha value is -1.82. The molecule has 0 saturated heterocycles. The van der Waals surface area contributed by atoms with Crippen molar-refractivity contribution < 1.29 is 13.9 Å². The van der Waals surface area contributed by atoms with Crippen molar-refractivity contribution in [2.75, 3.05) is 0 Å². The molecule has 0 amide bonds. The van der Waals surface area contributed by atoms with E-state index in [1.165, 1.54) is 12.3 Å².